The molecular weight excluding hydrogens is 623 g/mol. The maximum absolute atomic E-state index is 13.3. The Morgan fingerprint density at radius 3 is 2.37 bits per heavy atom. The van der Waals surface area contributed by atoms with Crippen LogP contribution in [0.2, 0.25) is 0 Å². The van der Waals surface area contributed by atoms with Gasteiger partial charge in [-0.05, 0) is 83.5 Å². The van der Waals surface area contributed by atoms with Gasteiger partial charge in [-0.15, -0.1) is 0 Å². The molecule has 1 heterocycles. The van der Waals surface area contributed by atoms with Gasteiger partial charge >= 0.3 is 16.1 Å². The maximum atomic E-state index is 13.3. The number of nitrogens with zero attached hydrogens (tertiary/aromatic N) is 1. The first-order valence-corrected chi connectivity index (χ1v) is 13.9. The van der Waals surface area contributed by atoms with E-state index < -0.39 is 28.0 Å². The van der Waals surface area contributed by atoms with Crippen molar-refractivity contribution in [2.45, 2.75) is 25.2 Å². The normalized spacial score (nSPS) is 15.0. The predicted octanol–water partition coefficient (Wildman–Crippen LogP) is 4.60. The highest BCUT2D eigenvalue weighted by Crippen LogP contribution is 2.37. The molecule has 9 nitrogen and oxygen atoms in total. The van der Waals surface area contributed by atoms with Gasteiger partial charge in [-0.1, -0.05) is 42.8 Å². The smallest absolute Gasteiger partial charge is 0.339 e. The van der Waals surface area contributed by atoms with Crippen molar-refractivity contribution >= 4 is 62.3 Å². The first kappa shape index (κ1) is 27.3. The number of para-hydroxylation sites is 1. The van der Waals surface area contributed by atoms with E-state index in [-0.39, 0.29) is 22.0 Å². The first-order valence-electron chi connectivity index (χ1n) is 11.4. The van der Waals surface area contributed by atoms with Crippen molar-refractivity contribution < 1.29 is 31.7 Å². The number of hydrogen-bond donors (Lipinski definition) is 1. The fourth-order valence-electron chi connectivity index (χ4n) is 3.84. The molecule has 0 spiro atoms. The van der Waals surface area contributed by atoms with Crippen molar-refractivity contribution in [3.05, 3.63) is 86.5 Å². The Morgan fingerprint density at radius 2 is 1.71 bits per heavy atom. The van der Waals surface area contributed by atoms with E-state index in [1.54, 1.807) is 36.4 Å². The monoisotopic (exact) mass is 646 g/mol. The van der Waals surface area contributed by atoms with Crippen LogP contribution in [0.25, 0.3) is 6.08 Å². The number of methoxy groups -OCH3 is 1. The Morgan fingerprint density at radius 1 is 1.03 bits per heavy atom. The molecule has 11 heteroatoms. The van der Waals surface area contributed by atoms with Gasteiger partial charge in [0.25, 0.3) is 11.8 Å². The van der Waals surface area contributed by atoms with Gasteiger partial charge in [0.1, 0.15) is 10.5 Å². The number of halogens is 1. The number of nitrogens with one attached hydrogen (secondary N) is 1. The van der Waals surface area contributed by atoms with Gasteiger partial charge in [0, 0.05) is 0 Å². The van der Waals surface area contributed by atoms with E-state index in [2.05, 4.69) is 5.32 Å². The summed E-state index contributed by atoms with van der Waals surface area (Å²) in [5.74, 6) is -1.59. The first-order chi connectivity index (χ1) is 18.1. The molecule has 0 saturated carbocycles. The minimum Gasteiger partial charge on any atom is -0.493 e. The number of urea groups is 1. The Labute approximate surface area is 233 Å². The molecule has 0 aromatic heterocycles. The highest BCUT2D eigenvalue weighted by Gasteiger charge is 2.37. The minimum atomic E-state index is -4.16. The molecule has 1 fully saturated rings. The lowest BCUT2D eigenvalue weighted by molar-refractivity contribution is -0.122. The van der Waals surface area contributed by atoms with Crippen molar-refractivity contribution in [2.75, 3.05) is 12.0 Å². The van der Waals surface area contributed by atoms with E-state index in [9.17, 15) is 22.8 Å². The molecule has 4 amide bonds. The van der Waals surface area contributed by atoms with Crippen LogP contribution in [-0.4, -0.2) is 33.4 Å². The van der Waals surface area contributed by atoms with E-state index in [0.29, 0.717) is 21.2 Å². The van der Waals surface area contributed by atoms with Crippen LogP contribution in [0.15, 0.2) is 71.1 Å². The van der Waals surface area contributed by atoms with Crippen molar-refractivity contribution in [1.82, 2.24) is 5.32 Å². The highest BCUT2D eigenvalue weighted by atomic mass is 127. The molecule has 196 valence electrons. The van der Waals surface area contributed by atoms with Gasteiger partial charge in [0.2, 0.25) is 0 Å². The number of carbonyl (C=O) groups excluding carboxylic acids is 3. The molecule has 3 aromatic carbocycles. The molecule has 0 radical (unpaired) electrons. The topological polar surface area (TPSA) is 119 Å². The van der Waals surface area contributed by atoms with Crippen LogP contribution in [0.4, 0.5) is 10.5 Å². The van der Waals surface area contributed by atoms with Crippen molar-refractivity contribution in [2.24, 2.45) is 0 Å². The molecule has 1 aliphatic heterocycles. The van der Waals surface area contributed by atoms with Crippen LogP contribution in [0.5, 0.6) is 11.5 Å². The zero-order valence-electron chi connectivity index (χ0n) is 20.6. The van der Waals surface area contributed by atoms with Gasteiger partial charge in [0.05, 0.1) is 16.4 Å². The van der Waals surface area contributed by atoms with Crippen LogP contribution >= 0.6 is 22.6 Å². The lowest BCUT2D eigenvalue weighted by Gasteiger charge is -2.28. The van der Waals surface area contributed by atoms with Crippen LogP contribution in [-0.2, 0) is 26.1 Å². The van der Waals surface area contributed by atoms with E-state index in [1.807, 2.05) is 36.4 Å². The molecule has 0 aliphatic carbocycles. The van der Waals surface area contributed by atoms with E-state index in [4.69, 9.17) is 8.92 Å². The molecule has 1 saturated heterocycles. The fraction of sp³-hybridized carbons (Fsp3) is 0.148. The molecular formula is C27H23IN2O7S. The summed E-state index contributed by atoms with van der Waals surface area (Å²) in [6, 6.07) is 15.3. The quantitative estimate of drug-likeness (QED) is 0.173. The third kappa shape index (κ3) is 5.43. The van der Waals surface area contributed by atoms with Crippen LogP contribution in [0, 0.1) is 10.5 Å². The lowest BCUT2D eigenvalue weighted by Crippen LogP contribution is -2.54. The van der Waals surface area contributed by atoms with Crippen molar-refractivity contribution in [3.8, 4) is 11.5 Å². The zero-order chi connectivity index (χ0) is 27.6. The SMILES string of the molecule is CCc1ccccc1N1C(=O)NC(=O)/C(=C/c2cc(I)c(OS(=O)(=O)c3ccc(C)cc3)c(OC)c2)C1=O. The third-order valence-corrected chi connectivity index (χ3v) is 7.82. The number of rotatable bonds is 7. The van der Waals surface area contributed by atoms with E-state index in [1.165, 1.54) is 37.5 Å². The summed E-state index contributed by atoms with van der Waals surface area (Å²) in [4.78, 5) is 39.5. The van der Waals surface area contributed by atoms with Gasteiger partial charge < -0.3 is 8.92 Å². The molecule has 0 unspecified atom stereocenters. The number of aryl methyl sites for hydroxylation is 2. The number of amides is 4. The van der Waals surface area contributed by atoms with Crippen molar-refractivity contribution in [1.29, 1.82) is 0 Å². The van der Waals surface area contributed by atoms with E-state index >= 15 is 0 Å². The Bertz CT molecular complexity index is 1580. The van der Waals surface area contributed by atoms with Gasteiger partial charge in [0.15, 0.2) is 11.5 Å². The maximum Gasteiger partial charge on any atom is 0.339 e. The summed E-state index contributed by atoms with van der Waals surface area (Å²) < 4.78 is 36.8. The number of anilines is 1. The molecule has 1 aliphatic rings. The third-order valence-electron chi connectivity index (χ3n) is 5.78. The molecule has 3 aromatic rings. The van der Waals surface area contributed by atoms with Gasteiger partial charge in [-0.2, -0.15) is 8.42 Å². The second-order valence-corrected chi connectivity index (χ2v) is 11.0. The van der Waals surface area contributed by atoms with Crippen LogP contribution in [0.3, 0.4) is 0 Å². The van der Waals surface area contributed by atoms with E-state index in [0.717, 1.165) is 16.0 Å². The summed E-state index contributed by atoms with van der Waals surface area (Å²) >= 11 is 1.88. The van der Waals surface area contributed by atoms with Gasteiger partial charge in [-0.3, -0.25) is 14.9 Å². The molecule has 0 bridgehead atoms. The Hall–Kier alpha value is -3.71. The van der Waals surface area contributed by atoms with Crippen molar-refractivity contribution in [3.63, 3.8) is 0 Å². The number of imide groups is 2. The average molecular weight is 646 g/mol. The molecule has 0 atom stereocenters. The molecule has 1 N–H and O–H groups in total. The highest BCUT2D eigenvalue weighted by molar-refractivity contribution is 14.1. The summed E-state index contributed by atoms with van der Waals surface area (Å²) in [6.45, 7) is 3.73. The number of hydrogen-bond acceptors (Lipinski definition) is 7. The Balaban J connectivity index is 1.71. The zero-order valence-corrected chi connectivity index (χ0v) is 23.6. The summed E-state index contributed by atoms with van der Waals surface area (Å²) in [7, 11) is -2.81. The number of carbonyl (C=O) groups is 3. The molecule has 38 heavy (non-hydrogen) atoms. The summed E-state index contributed by atoms with van der Waals surface area (Å²) in [5, 5.41) is 2.21. The number of ether oxygens (including phenoxy) is 1. The summed E-state index contributed by atoms with van der Waals surface area (Å²) in [5.41, 5.74) is 2.13. The minimum absolute atomic E-state index is 0.0197. The molecule has 4 rings (SSSR count). The second-order valence-electron chi connectivity index (χ2n) is 8.32. The standard InChI is InChI=1S/C27H23IN2O7S/c1-4-18-7-5-6-8-22(18)30-26(32)20(25(31)29-27(30)33)13-17-14-21(28)24(23(15-17)36-3)37-38(34,35)19-11-9-16(2)10-12-19/h5-15H,4H2,1-3H3,(H,29,31,33)/b20-13-. The van der Waals surface area contributed by atoms with Crippen LogP contribution in [0.1, 0.15) is 23.6 Å². The number of barbiturate groups is 1. The fourth-order valence-corrected chi connectivity index (χ4v) is 5.68. The predicted molar refractivity (Wildman–Crippen MR) is 150 cm³/mol. The summed E-state index contributed by atoms with van der Waals surface area (Å²) in [6.07, 6.45) is 1.89. The Kier molecular flexibility index (Phi) is 7.88. The lowest BCUT2D eigenvalue weighted by atomic mass is 10.0. The number of benzene rings is 3. The average Bonchev–Trinajstić information content (AvgIpc) is 2.88. The second kappa shape index (κ2) is 11.0. The van der Waals surface area contributed by atoms with Crippen LogP contribution < -0.4 is 19.1 Å². The largest absolute Gasteiger partial charge is 0.493 e. The van der Waals surface area contributed by atoms with Gasteiger partial charge in [-0.25, -0.2) is 9.69 Å².